The minimum absolute atomic E-state index is 0.0498. The molecule has 2 aromatic rings. The van der Waals surface area contributed by atoms with E-state index in [4.69, 9.17) is 18.9 Å². The number of nitrogens with one attached hydrogen (secondary N) is 1. The van der Waals surface area contributed by atoms with Crippen LogP contribution in [0.5, 0.6) is 23.0 Å². The lowest BCUT2D eigenvalue weighted by Gasteiger charge is -2.41. The van der Waals surface area contributed by atoms with Crippen LogP contribution >= 0.6 is 22.6 Å². The van der Waals surface area contributed by atoms with Gasteiger partial charge in [0.15, 0.2) is 11.5 Å². The Bertz CT molecular complexity index is 1360. The topological polar surface area (TPSA) is 144 Å². The minimum atomic E-state index is -1.20. The van der Waals surface area contributed by atoms with Crippen LogP contribution < -0.4 is 24.3 Å². The minimum Gasteiger partial charge on any atom is -0.497 e. The average Bonchev–Trinajstić information content (AvgIpc) is 3.87. The molecule has 2 aliphatic carbocycles. The van der Waals surface area contributed by atoms with Gasteiger partial charge in [0.2, 0.25) is 11.8 Å². The highest BCUT2D eigenvalue weighted by Gasteiger charge is 2.44. The maximum atomic E-state index is 13.7. The Morgan fingerprint density at radius 2 is 1.84 bits per heavy atom. The number of ether oxygens (including phenoxy) is 4. The zero-order valence-electron chi connectivity index (χ0n) is 24.4. The normalized spacial score (nSPS) is 19.6. The van der Waals surface area contributed by atoms with E-state index in [1.54, 1.807) is 43.4 Å². The number of benzene rings is 2. The summed E-state index contributed by atoms with van der Waals surface area (Å²) in [4.78, 5) is 39.9. The van der Waals surface area contributed by atoms with E-state index in [9.17, 15) is 24.6 Å². The standard InChI is InChI=1S/C31H37IN2O9/c1-40-22-6-7-25(41-2)20(14-22)8-10-34(31(39)19-4-5-19)24-15-21(30(38)33-9-11-35)16-26(28(24)37)43-29-23(32)12-18(17-36)13-27(29)42-3/h6-7,12-14,16-17,19,24,26,28,35,37H,4-5,8-11,15H2,1-3H3,(H,33,38)/t24-,26+,28+/m1/s1. The van der Waals surface area contributed by atoms with E-state index in [0.29, 0.717) is 50.4 Å². The highest BCUT2D eigenvalue weighted by atomic mass is 127. The summed E-state index contributed by atoms with van der Waals surface area (Å²) in [6.07, 6.45) is 2.04. The summed E-state index contributed by atoms with van der Waals surface area (Å²) >= 11 is 2.02. The number of aliphatic hydroxyl groups is 2. The molecule has 3 N–H and O–H groups in total. The molecule has 43 heavy (non-hydrogen) atoms. The van der Waals surface area contributed by atoms with Gasteiger partial charge < -0.3 is 39.4 Å². The number of methoxy groups -OCH3 is 3. The van der Waals surface area contributed by atoms with Crippen molar-refractivity contribution in [2.75, 3.05) is 41.0 Å². The Labute approximate surface area is 264 Å². The van der Waals surface area contributed by atoms with Gasteiger partial charge in [-0.15, -0.1) is 0 Å². The maximum absolute atomic E-state index is 13.7. The second-order valence-electron chi connectivity index (χ2n) is 10.4. The molecule has 0 saturated heterocycles. The molecule has 0 aliphatic heterocycles. The molecule has 12 heteroatoms. The van der Waals surface area contributed by atoms with Gasteiger partial charge in [-0.05, 0) is 83.8 Å². The number of rotatable bonds is 14. The summed E-state index contributed by atoms with van der Waals surface area (Å²) in [5, 5.41) is 23.7. The summed E-state index contributed by atoms with van der Waals surface area (Å²) in [6, 6.07) is 7.82. The number of nitrogens with zero attached hydrogens (tertiary/aromatic N) is 1. The van der Waals surface area contributed by atoms with E-state index in [0.717, 1.165) is 18.4 Å². The first-order valence-electron chi connectivity index (χ1n) is 14.0. The van der Waals surface area contributed by atoms with Crippen molar-refractivity contribution in [3.8, 4) is 23.0 Å². The Kier molecular flexibility index (Phi) is 11.3. The lowest BCUT2D eigenvalue weighted by molar-refractivity contribution is -0.139. The van der Waals surface area contributed by atoms with Crippen LogP contribution in [-0.2, 0) is 16.0 Å². The van der Waals surface area contributed by atoms with Crippen LogP contribution in [0.15, 0.2) is 42.0 Å². The Morgan fingerprint density at radius 3 is 2.47 bits per heavy atom. The first-order chi connectivity index (χ1) is 20.7. The van der Waals surface area contributed by atoms with Gasteiger partial charge in [-0.3, -0.25) is 14.4 Å². The van der Waals surface area contributed by atoms with Gasteiger partial charge >= 0.3 is 0 Å². The molecule has 0 radical (unpaired) electrons. The zero-order chi connectivity index (χ0) is 31.1. The summed E-state index contributed by atoms with van der Waals surface area (Å²) in [6.45, 7) is 0.0695. The smallest absolute Gasteiger partial charge is 0.247 e. The molecule has 0 spiro atoms. The molecule has 11 nitrogen and oxygen atoms in total. The lowest BCUT2D eigenvalue weighted by Crippen LogP contribution is -2.56. The summed E-state index contributed by atoms with van der Waals surface area (Å²) < 4.78 is 23.3. The molecule has 2 aliphatic rings. The van der Waals surface area contributed by atoms with Crippen LogP contribution in [-0.4, -0.2) is 92.5 Å². The number of amides is 2. The molecular formula is C31H37IN2O9. The van der Waals surface area contributed by atoms with Crippen LogP contribution in [0.4, 0.5) is 0 Å². The third-order valence-electron chi connectivity index (χ3n) is 7.58. The van der Waals surface area contributed by atoms with Crippen molar-refractivity contribution < 1.29 is 43.5 Å². The van der Waals surface area contributed by atoms with Gasteiger partial charge in [-0.25, -0.2) is 0 Å². The fourth-order valence-corrected chi connectivity index (χ4v) is 5.91. The Balaban J connectivity index is 1.69. The van der Waals surface area contributed by atoms with Crippen molar-refractivity contribution >= 4 is 40.7 Å². The van der Waals surface area contributed by atoms with E-state index in [-0.39, 0.29) is 37.9 Å². The predicted molar refractivity (Wildman–Crippen MR) is 166 cm³/mol. The van der Waals surface area contributed by atoms with Crippen LogP contribution in [0, 0.1) is 9.49 Å². The fraction of sp³-hybridized carbons (Fsp3) is 0.452. The average molecular weight is 709 g/mol. The first kappa shape index (κ1) is 32.6. The van der Waals surface area contributed by atoms with Crippen LogP contribution in [0.25, 0.3) is 0 Å². The van der Waals surface area contributed by atoms with Gasteiger partial charge in [0.05, 0.1) is 37.5 Å². The quantitative estimate of drug-likeness (QED) is 0.199. The van der Waals surface area contributed by atoms with Gasteiger partial charge in [0.1, 0.15) is 30.0 Å². The molecule has 3 atom stereocenters. The van der Waals surface area contributed by atoms with Gasteiger partial charge in [-0.1, -0.05) is 0 Å². The molecule has 1 fully saturated rings. The highest BCUT2D eigenvalue weighted by Crippen LogP contribution is 2.38. The third-order valence-corrected chi connectivity index (χ3v) is 8.38. The van der Waals surface area contributed by atoms with E-state index in [2.05, 4.69) is 5.32 Å². The first-order valence-corrected chi connectivity index (χ1v) is 15.1. The Hall–Kier alpha value is -3.36. The molecule has 4 rings (SSSR count). The van der Waals surface area contributed by atoms with Crippen LogP contribution in [0.2, 0.25) is 0 Å². The molecule has 0 unspecified atom stereocenters. The number of halogens is 1. The van der Waals surface area contributed by atoms with Crippen molar-refractivity contribution in [1.29, 1.82) is 0 Å². The number of hydrogen-bond donors (Lipinski definition) is 3. The number of aldehydes is 1. The molecule has 1 saturated carbocycles. The van der Waals surface area contributed by atoms with Crippen molar-refractivity contribution in [3.05, 3.63) is 56.7 Å². The second kappa shape index (κ2) is 14.9. The van der Waals surface area contributed by atoms with Crippen molar-refractivity contribution in [2.24, 2.45) is 5.92 Å². The Morgan fingerprint density at radius 1 is 1.09 bits per heavy atom. The van der Waals surface area contributed by atoms with Crippen LogP contribution in [0.1, 0.15) is 35.2 Å². The molecule has 232 valence electrons. The monoisotopic (exact) mass is 708 g/mol. The number of hydrogen-bond acceptors (Lipinski definition) is 9. The van der Waals surface area contributed by atoms with Gasteiger partial charge in [0, 0.05) is 36.6 Å². The molecule has 2 aromatic carbocycles. The predicted octanol–water partition coefficient (Wildman–Crippen LogP) is 2.53. The molecule has 0 aromatic heterocycles. The van der Waals surface area contributed by atoms with E-state index in [1.807, 2.05) is 28.7 Å². The SMILES string of the molecule is COc1ccc(OC)c(CCN(C(=O)C2CC2)[C@@H]2CC(C(=O)NCCO)=C[C@H](Oc3c(I)cc(C=O)cc3OC)[C@H]2O)c1. The second-order valence-corrected chi connectivity index (χ2v) is 11.6. The lowest BCUT2D eigenvalue weighted by atomic mass is 9.87. The number of aliphatic hydroxyl groups excluding tert-OH is 2. The summed E-state index contributed by atoms with van der Waals surface area (Å²) in [7, 11) is 4.59. The maximum Gasteiger partial charge on any atom is 0.247 e. The molecule has 0 heterocycles. The number of carbonyl (C=O) groups excluding carboxylic acids is 3. The molecule has 2 amide bonds. The largest absolute Gasteiger partial charge is 0.497 e. The van der Waals surface area contributed by atoms with E-state index < -0.39 is 24.2 Å². The van der Waals surface area contributed by atoms with Crippen molar-refractivity contribution in [3.63, 3.8) is 0 Å². The van der Waals surface area contributed by atoms with Crippen molar-refractivity contribution in [2.45, 2.75) is 43.9 Å². The van der Waals surface area contributed by atoms with E-state index in [1.165, 1.54) is 13.2 Å². The van der Waals surface area contributed by atoms with Gasteiger partial charge in [0.25, 0.3) is 0 Å². The summed E-state index contributed by atoms with van der Waals surface area (Å²) in [5.74, 6) is 1.22. The van der Waals surface area contributed by atoms with Crippen molar-refractivity contribution in [1.82, 2.24) is 10.2 Å². The van der Waals surface area contributed by atoms with Crippen LogP contribution in [0.3, 0.4) is 0 Å². The summed E-state index contributed by atoms with van der Waals surface area (Å²) in [5.41, 5.74) is 1.55. The fourth-order valence-electron chi connectivity index (χ4n) is 5.16. The highest BCUT2D eigenvalue weighted by molar-refractivity contribution is 14.1. The molecular weight excluding hydrogens is 671 g/mol. The van der Waals surface area contributed by atoms with Gasteiger partial charge in [-0.2, -0.15) is 0 Å². The molecule has 0 bridgehead atoms. The number of carbonyl (C=O) groups is 3. The third kappa shape index (κ3) is 7.78. The zero-order valence-corrected chi connectivity index (χ0v) is 26.5. The van der Waals surface area contributed by atoms with E-state index >= 15 is 0 Å².